The molecule has 0 radical (unpaired) electrons. The van der Waals surface area contributed by atoms with Gasteiger partial charge in [-0.25, -0.2) is 13.4 Å². The molecule has 3 rings (SSSR count). The van der Waals surface area contributed by atoms with Gasteiger partial charge in [-0.15, -0.1) is 0 Å². The number of sulfone groups is 1. The first-order valence-electron chi connectivity index (χ1n) is 8.48. The Kier molecular flexibility index (Phi) is 4.94. The third-order valence-electron chi connectivity index (χ3n) is 4.32. The fourth-order valence-electron chi connectivity index (χ4n) is 2.96. The summed E-state index contributed by atoms with van der Waals surface area (Å²) in [5.41, 5.74) is 1.83. The van der Waals surface area contributed by atoms with Crippen LogP contribution in [0, 0.1) is 0 Å². The topological polar surface area (TPSA) is 75.2 Å². The van der Waals surface area contributed by atoms with Crippen molar-refractivity contribution in [1.82, 2.24) is 9.97 Å². The molecule has 1 fully saturated rings. The van der Waals surface area contributed by atoms with E-state index in [4.69, 9.17) is 0 Å². The van der Waals surface area contributed by atoms with E-state index in [1.165, 1.54) is 0 Å². The Morgan fingerprint density at radius 1 is 1.20 bits per heavy atom. The maximum atomic E-state index is 11.8. The summed E-state index contributed by atoms with van der Waals surface area (Å²) in [7, 11) is -1.04. The van der Waals surface area contributed by atoms with Crippen molar-refractivity contribution < 1.29 is 8.42 Å². The van der Waals surface area contributed by atoms with Crippen LogP contribution in [0.3, 0.4) is 0 Å². The third kappa shape index (κ3) is 4.28. The first kappa shape index (κ1) is 17.7. The van der Waals surface area contributed by atoms with Gasteiger partial charge >= 0.3 is 0 Å². The minimum absolute atomic E-state index is 0.0459. The van der Waals surface area contributed by atoms with E-state index in [0.717, 1.165) is 17.1 Å². The van der Waals surface area contributed by atoms with Crippen LogP contribution in [0.5, 0.6) is 0 Å². The van der Waals surface area contributed by atoms with E-state index in [0.29, 0.717) is 12.4 Å². The van der Waals surface area contributed by atoms with Crippen LogP contribution < -0.4 is 10.2 Å². The van der Waals surface area contributed by atoms with Crippen LogP contribution in [0.4, 0.5) is 11.8 Å². The molecule has 1 aromatic heterocycles. The lowest BCUT2D eigenvalue weighted by Gasteiger charge is -2.25. The third-order valence-corrected chi connectivity index (χ3v) is 6.07. The van der Waals surface area contributed by atoms with Gasteiger partial charge in [0, 0.05) is 30.8 Å². The molecule has 1 unspecified atom stereocenters. The van der Waals surface area contributed by atoms with Crippen molar-refractivity contribution in [2.24, 2.45) is 0 Å². The lowest BCUT2D eigenvalue weighted by Crippen LogP contribution is -2.33. The molecule has 2 aromatic rings. The van der Waals surface area contributed by atoms with Gasteiger partial charge in [0.2, 0.25) is 5.95 Å². The van der Waals surface area contributed by atoms with Gasteiger partial charge in [0.25, 0.3) is 0 Å². The first-order valence-corrected chi connectivity index (χ1v) is 10.3. The van der Waals surface area contributed by atoms with Gasteiger partial charge in [-0.3, -0.25) is 0 Å². The lowest BCUT2D eigenvalue weighted by molar-refractivity contribution is 0.600. The van der Waals surface area contributed by atoms with Crippen molar-refractivity contribution >= 4 is 21.6 Å². The first-order chi connectivity index (χ1) is 11.8. The van der Waals surface area contributed by atoms with Crippen LogP contribution >= 0.6 is 0 Å². The van der Waals surface area contributed by atoms with Crippen molar-refractivity contribution in [2.45, 2.75) is 32.4 Å². The van der Waals surface area contributed by atoms with Crippen molar-refractivity contribution in [1.29, 1.82) is 0 Å². The minimum atomic E-state index is -2.94. The largest absolute Gasteiger partial charge is 0.355 e. The van der Waals surface area contributed by atoms with Crippen LogP contribution in [-0.2, 0) is 9.84 Å². The Bertz CT molecular complexity index is 837. The summed E-state index contributed by atoms with van der Waals surface area (Å²) in [4.78, 5) is 11.2. The van der Waals surface area contributed by atoms with E-state index in [2.05, 4.69) is 15.3 Å². The van der Waals surface area contributed by atoms with Gasteiger partial charge in [-0.1, -0.05) is 30.3 Å². The van der Waals surface area contributed by atoms with E-state index in [1.54, 1.807) is 0 Å². The maximum Gasteiger partial charge on any atom is 0.225 e. The molecular weight excluding hydrogens is 336 g/mol. The van der Waals surface area contributed by atoms with Crippen LogP contribution in [0.25, 0.3) is 11.3 Å². The molecule has 1 aliphatic heterocycles. The fourth-order valence-corrected chi connectivity index (χ4v) is 4.74. The highest BCUT2D eigenvalue weighted by Gasteiger charge is 2.31. The quantitative estimate of drug-likeness (QED) is 0.883. The summed E-state index contributed by atoms with van der Waals surface area (Å²) in [6.45, 7) is 4.07. The SMILES string of the molecule is CC(C)Nc1nc(-c2ccccc2)cc(N(C)C2CCS(=O)(=O)C2)n1. The zero-order chi connectivity index (χ0) is 18.0. The molecule has 1 N–H and O–H groups in total. The van der Waals surface area contributed by atoms with Crippen molar-refractivity contribution in [3.8, 4) is 11.3 Å². The molecule has 0 amide bonds. The molecule has 1 aromatic carbocycles. The summed E-state index contributed by atoms with van der Waals surface area (Å²) in [6.07, 6.45) is 0.635. The van der Waals surface area contributed by atoms with Gasteiger partial charge < -0.3 is 10.2 Å². The van der Waals surface area contributed by atoms with E-state index in [9.17, 15) is 8.42 Å². The average Bonchev–Trinajstić information content (AvgIpc) is 2.94. The molecule has 1 aliphatic rings. The lowest BCUT2D eigenvalue weighted by atomic mass is 10.1. The van der Waals surface area contributed by atoms with Gasteiger partial charge in [0.05, 0.1) is 17.2 Å². The van der Waals surface area contributed by atoms with E-state index in [1.807, 2.05) is 62.2 Å². The normalized spacial score (nSPS) is 19.1. The van der Waals surface area contributed by atoms with Crippen molar-refractivity contribution in [2.75, 3.05) is 28.8 Å². The molecule has 0 aliphatic carbocycles. The Balaban J connectivity index is 1.97. The molecule has 25 heavy (non-hydrogen) atoms. The number of hydrogen-bond donors (Lipinski definition) is 1. The van der Waals surface area contributed by atoms with Gasteiger partial charge in [-0.05, 0) is 20.3 Å². The molecule has 2 heterocycles. The van der Waals surface area contributed by atoms with Gasteiger partial charge in [-0.2, -0.15) is 4.98 Å². The number of hydrogen-bond acceptors (Lipinski definition) is 6. The highest BCUT2D eigenvalue weighted by atomic mass is 32.2. The Morgan fingerprint density at radius 2 is 1.92 bits per heavy atom. The van der Waals surface area contributed by atoms with E-state index < -0.39 is 9.84 Å². The smallest absolute Gasteiger partial charge is 0.225 e. The number of anilines is 2. The predicted molar refractivity (Wildman–Crippen MR) is 102 cm³/mol. The number of benzene rings is 1. The monoisotopic (exact) mass is 360 g/mol. The summed E-state index contributed by atoms with van der Waals surface area (Å²) < 4.78 is 23.6. The van der Waals surface area contributed by atoms with Crippen molar-refractivity contribution in [3.63, 3.8) is 0 Å². The molecule has 0 spiro atoms. The molecule has 0 saturated carbocycles. The molecule has 1 atom stereocenters. The summed E-state index contributed by atoms with van der Waals surface area (Å²) >= 11 is 0. The maximum absolute atomic E-state index is 11.8. The Hall–Kier alpha value is -2.15. The highest BCUT2D eigenvalue weighted by molar-refractivity contribution is 7.91. The second-order valence-corrected chi connectivity index (χ2v) is 9.00. The van der Waals surface area contributed by atoms with Gasteiger partial charge in [0.1, 0.15) is 5.82 Å². The Morgan fingerprint density at radius 3 is 2.52 bits per heavy atom. The molecular formula is C18H24N4O2S. The fraction of sp³-hybridized carbons (Fsp3) is 0.444. The standard InChI is InChI=1S/C18H24N4O2S/c1-13(2)19-18-20-16(14-7-5-4-6-8-14)11-17(21-18)22(3)15-9-10-25(23,24)12-15/h4-8,11,13,15H,9-10,12H2,1-3H3,(H,19,20,21). The predicted octanol–water partition coefficient (Wildman–Crippen LogP) is 2.59. The number of rotatable bonds is 5. The summed E-state index contributed by atoms with van der Waals surface area (Å²) in [6, 6.07) is 12.0. The summed E-state index contributed by atoms with van der Waals surface area (Å²) in [5, 5.41) is 3.25. The van der Waals surface area contributed by atoms with E-state index in [-0.39, 0.29) is 23.6 Å². The van der Waals surface area contributed by atoms with Crippen molar-refractivity contribution in [3.05, 3.63) is 36.4 Å². The zero-order valence-corrected chi connectivity index (χ0v) is 15.6. The molecule has 1 saturated heterocycles. The summed E-state index contributed by atoms with van der Waals surface area (Å²) in [5.74, 6) is 1.72. The number of nitrogens with one attached hydrogen (secondary N) is 1. The molecule has 7 heteroatoms. The molecule has 0 bridgehead atoms. The van der Waals surface area contributed by atoms with Crippen LogP contribution in [0.2, 0.25) is 0 Å². The second-order valence-electron chi connectivity index (χ2n) is 6.77. The Labute approximate surface area is 149 Å². The molecule has 6 nitrogen and oxygen atoms in total. The average molecular weight is 360 g/mol. The van der Waals surface area contributed by atoms with Gasteiger partial charge in [0.15, 0.2) is 9.84 Å². The van der Waals surface area contributed by atoms with Crippen LogP contribution in [0.15, 0.2) is 36.4 Å². The van der Waals surface area contributed by atoms with E-state index >= 15 is 0 Å². The number of nitrogens with zero attached hydrogens (tertiary/aromatic N) is 3. The van der Waals surface area contributed by atoms with Crippen LogP contribution in [0.1, 0.15) is 20.3 Å². The highest BCUT2D eigenvalue weighted by Crippen LogP contribution is 2.26. The zero-order valence-electron chi connectivity index (χ0n) is 14.8. The second kappa shape index (κ2) is 7.00. The minimum Gasteiger partial charge on any atom is -0.355 e. The van der Waals surface area contributed by atoms with Crippen LogP contribution in [-0.4, -0.2) is 49.0 Å². The molecule has 134 valence electrons. The number of aromatic nitrogens is 2.